The van der Waals surface area contributed by atoms with Crippen molar-refractivity contribution in [3.63, 3.8) is 0 Å². The van der Waals surface area contributed by atoms with Crippen LogP contribution in [-0.2, 0) is 9.59 Å². The Hall–Kier alpha value is -2.19. The third-order valence-corrected chi connectivity index (χ3v) is 3.28. The van der Waals surface area contributed by atoms with Crippen molar-refractivity contribution >= 4 is 17.5 Å². The molecule has 0 spiro atoms. The molecule has 2 N–H and O–H groups in total. The summed E-state index contributed by atoms with van der Waals surface area (Å²) in [6.07, 6.45) is -5.34. The number of hydrogen-bond acceptors (Lipinski definition) is 2. The summed E-state index contributed by atoms with van der Waals surface area (Å²) in [5.41, 5.74) is -0.350. The molecule has 0 aromatic heterocycles. The lowest BCUT2D eigenvalue weighted by Crippen LogP contribution is -2.53. The molecule has 9 heteroatoms. The quantitative estimate of drug-likeness (QED) is 0.649. The van der Waals surface area contributed by atoms with E-state index in [1.165, 1.54) is 0 Å². The van der Waals surface area contributed by atoms with Crippen LogP contribution in [0.5, 0.6) is 0 Å². The predicted octanol–water partition coefficient (Wildman–Crippen LogP) is 2.36. The van der Waals surface area contributed by atoms with Crippen LogP contribution in [0.25, 0.3) is 0 Å². The van der Waals surface area contributed by atoms with Crippen LogP contribution in [0.4, 0.5) is 27.6 Å². The fourth-order valence-electron chi connectivity index (χ4n) is 2.12. The second kappa shape index (κ2) is 5.90. The molecule has 1 saturated heterocycles. The topological polar surface area (TPSA) is 58.2 Å². The number of rotatable bonds is 2. The average Bonchev–Trinajstić information content (AvgIpc) is 2.40. The zero-order valence-electron chi connectivity index (χ0n) is 11.0. The molecule has 0 unspecified atom stereocenters. The van der Waals surface area contributed by atoms with Crippen LogP contribution < -0.4 is 10.6 Å². The molecule has 120 valence electrons. The van der Waals surface area contributed by atoms with Gasteiger partial charge in [-0.3, -0.25) is 9.59 Å². The molecule has 0 bridgehead atoms. The van der Waals surface area contributed by atoms with Gasteiger partial charge >= 0.3 is 6.18 Å². The van der Waals surface area contributed by atoms with Gasteiger partial charge in [0.15, 0.2) is 0 Å². The highest BCUT2D eigenvalue weighted by molar-refractivity contribution is 6.06. The van der Waals surface area contributed by atoms with Gasteiger partial charge in [-0.25, -0.2) is 8.78 Å². The summed E-state index contributed by atoms with van der Waals surface area (Å²) >= 11 is 0. The van der Waals surface area contributed by atoms with E-state index in [1.54, 1.807) is 5.32 Å². The fraction of sp³-hybridized carbons (Fsp3) is 0.385. The van der Waals surface area contributed by atoms with Crippen LogP contribution in [0, 0.1) is 17.6 Å². The first kappa shape index (κ1) is 16.2. The molecule has 1 aliphatic heterocycles. The lowest BCUT2D eigenvalue weighted by molar-refractivity contribution is -0.170. The van der Waals surface area contributed by atoms with Gasteiger partial charge in [0.05, 0.1) is 5.69 Å². The Morgan fingerprint density at radius 2 is 1.91 bits per heavy atom. The molecule has 0 radical (unpaired) electrons. The average molecular weight is 322 g/mol. The van der Waals surface area contributed by atoms with Gasteiger partial charge < -0.3 is 10.6 Å². The summed E-state index contributed by atoms with van der Waals surface area (Å²) in [5, 5.41) is 3.79. The van der Waals surface area contributed by atoms with Gasteiger partial charge in [0.1, 0.15) is 23.6 Å². The third-order valence-electron chi connectivity index (χ3n) is 3.28. The molecular formula is C13H11F5N2O2. The van der Waals surface area contributed by atoms with Crippen LogP contribution in [0.15, 0.2) is 18.2 Å². The molecule has 1 aliphatic rings. The summed E-state index contributed by atoms with van der Waals surface area (Å²) < 4.78 is 63.6. The summed E-state index contributed by atoms with van der Waals surface area (Å²) in [5.74, 6) is -5.27. The first-order valence-corrected chi connectivity index (χ1v) is 6.31. The van der Waals surface area contributed by atoms with E-state index in [4.69, 9.17) is 0 Å². The van der Waals surface area contributed by atoms with Gasteiger partial charge in [-0.15, -0.1) is 0 Å². The minimum atomic E-state index is -4.58. The number of benzene rings is 1. The van der Waals surface area contributed by atoms with Crippen LogP contribution >= 0.6 is 0 Å². The first-order valence-electron chi connectivity index (χ1n) is 6.31. The number of amides is 2. The number of nitrogens with one attached hydrogen (secondary N) is 2. The monoisotopic (exact) mass is 322 g/mol. The van der Waals surface area contributed by atoms with Gasteiger partial charge in [0.25, 0.3) is 0 Å². The van der Waals surface area contributed by atoms with Gasteiger partial charge in [-0.2, -0.15) is 13.2 Å². The number of halogens is 5. The molecule has 2 atom stereocenters. The Balaban J connectivity index is 2.03. The molecule has 0 aliphatic carbocycles. The zero-order valence-corrected chi connectivity index (χ0v) is 11.0. The summed E-state index contributed by atoms with van der Waals surface area (Å²) in [7, 11) is 0. The number of anilines is 1. The lowest BCUT2D eigenvalue weighted by Gasteiger charge is -2.29. The second-order valence-corrected chi connectivity index (χ2v) is 4.85. The van der Waals surface area contributed by atoms with E-state index >= 15 is 0 Å². The van der Waals surface area contributed by atoms with Crippen LogP contribution in [0.2, 0.25) is 0 Å². The van der Waals surface area contributed by atoms with E-state index in [1.807, 2.05) is 0 Å². The maximum absolute atomic E-state index is 13.4. The van der Waals surface area contributed by atoms with Crippen molar-refractivity contribution in [3.8, 4) is 0 Å². The highest BCUT2D eigenvalue weighted by atomic mass is 19.4. The fourth-order valence-corrected chi connectivity index (χ4v) is 2.12. The first-order chi connectivity index (χ1) is 10.2. The highest BCUT2D eigenvalue weighted by Gasteiger charge is 2.45. The molecule has 22 heavy (non-hydrogen) atoms. The molecule has 1 heterocycles. The summed E-state index contributed by atoms with van der Waals surface area (Å²) in [6, 6.07) is 0.406. The number of carbonyl (C=O) groups is 2. The Labute approximate surface area is 121 Å². The van der Waals surface area contributed by atoms with E-state index < -0.39 is 48.0 Å². The van der Waals surface area contributed by atoms with E-state index in [-0.39, 0.29) is 12.1 Å². The third kappa shape index (κ3) is 3.52. The van der Waals surface area contributed by atoms with Gasteiger partial charge in [0.2, 0.25) is 11.8 Å². The van der Waals surface area contributed by atoms with Gasteiger partial charge in [-0.1, -0.05) is 0 Å². The van der Waals surface area contributed by atoms with Crippen molar-refractivity contribution in [2.45, 2.75) is 25.1 Å². The highest BCUT2D eigenvalue weighted by Crippen LogP contribution is 2.29. The van der Waals surface area contributed by atoms with E-state index in [0.29, 0.717) is 6.07 Å². The predicted molar refractivity (Wildman–Crippen MR) is 65.7 cm³/mol. The SMILES string of the molecule is O=C(Nc1ccc(F)cc1F)[C@H]1CC[C@H](C(F)(F)F)NC1=O. The second-order valence-electron chi connectivity index (χ2n) is 4.85. The molecule has 0 saturated carbocycles. The van der Waals surface area contributed by atoms with Gasteiger partial charge in [0, 0.05) is 6.07 Å². The van der Waals surface area contributed by atoms with E-state index in [2.05, 4.69) is 5.32 Å². The largest absolute Gasteiger partial charge is 0.408 e. The minimum Gasteiger partial charge on any atom is -0.344 e. The van der Waals surface area contributed by atoms with Crippen molar-refractivity contribution in [2.75, 3.05) is 5.32 Å². The van der Waals surface area contributed by atoms with Crippen LogP contribution in [-0.4, -0.2) is 24.0 Å². The van der Waals surface area contributed by atoms with E-state index in [9.17, 15) is 31.5 Å². The van der Waals surface area contributed by atoms with Crippen molar-refractivity contribution < 1.29 is 31.5 Å². The molecule has 1 aromatic carbocycles. The smallest absolute Gasteiger partial charge is 0.344 e. The van der Waals surface area contributed by atoms with E-state index in [0.717, 1.165) is 12.1 Å². The Morgan fingerprint density at radius 1 is 1.23 bits per heavy atom. The van der Waals surface area contributed by atoms with Crippen LogP contribution in [0.3, 0.4) is 0 Å². The Kier molecular flexibility index (Phi) is 4.34. The van der Waals surface area contributed by atoms with Crippen molar-refractivity contribution in [1.29, 1.82) is 0 Å². The zero-order chi connectivity index (χ0) is 16.5. The number of carbonyl (C=O) groups excluding carboxylic acids is 2. The molecule has 2 amide bonds. The van der Waals surface area contributed by atoms with Crippen molar-refractivity contribution in [3.05, 3.63) is 29.8 Å². The number of hydrogen-bond donors (Lipinski definition) is 2. The van der Waals surface area contributed by atoms with Gasteiger partial charge in [-0.05, 0) is 25.0 Å². The molecule has 1 fully saturated rings. The normalized spacial score (nSPS) is 22.1. The standard InChI is InChI=1S/C13H11F5N2O2/c14-6-1-3-9(8(15)5-6)19-11(21)7-2-4-10(13(16,17)18)20-12(7)22/h1,3,5,7,10H,2,4H2,(H,19,21)(H,20,22)/t7-,10-/m1/s1. The molecule has 4 nitrogen and oxygen atoms in total. The maximum atomic E-state index is 13.4. The van der Waals surface area contributed by atoms with Crippen LogP contribution in [0.1, 0.15) is 12.8 Å². The number of piperidine rings is 1. The molecule has 2 rings (SSSR count). The lowest BCUT2D eigenvalue weighted by atomic mass is 9.92. The number of alkyl halides is 3. The molecule has 1 aromatic rings. The molecular weight excluding hydrogens is 311 g/mol. The Morgan fingerprint density at radius 3 is 2.45 bits per heavy atom. The van der Waals surface area contributed by atoms with Crippen molar-refractivity contribution in [1.82, 2.24) is 5.32 Å². The minimum absolute atomic E-state index is 0.315. The Bertz CT molecular complexity index is 603. The van der Waals surface area contributed by atoms with Crippen molar-refractivity contribution in [2.24, 2.45) is 5.92 Å². The summed E-state index contributed by atoms with van der Waals surface area (Å²) in [6.45, 7) is 0. The summed E-state index contributed by atoms with van der Waals surface area (Å²) in [4.78, 5) is 23.5. The maximum Gasteiger partial charge on any atom is 0.408 e.